The maximum atomic E-state index is 12.4. The largest absolute Gasteiger partial charge is 0.390 e. The summed E-state index contributed by atoms with van der Waals surface area (Å²) in [7, 11) is 0. The molecule has 1 aromatic carbocycles. The number of hydrogen-bond donors (Lipinski definition) is 3. The number of aryl methyl sites for hydroxylation is 2. The van der Waals surface area contributed by atoms with Gasteiger partial charge in [0.15, 0.2) is 0 Å². The molecule has 130 valence electrons. The Labute approximate surface area is 141 Å². The van der Waals surface area contributed by atoms with Crippen molar-refractivity contribution in [3.8, 4) is 0 Å². The molecular formula is C18H25N3O3. The van der Waals surface area contributed by atoms with Gasteiger partial charge in [0.25, 0.3) is 5.91 Å². The number of β-amino-alcohol motifs (C(OH)–C–C–N with tert-alkyl or cyclic N) is 1. The number of ether oxygens (including phenoxy) is 1. The van der Waals surface area contributed by atoms with Gasteiger partial charge in [0.05, 0.1) is 19.3 Å². The van der Waals surface area contributed by atoms with Crippen LogP contribution < -0.4 is 5.32 Å². The van der Waals surface area contributed by atoms with Crippen LogP contribution in [0.3, 0.4) is 0 Å². The molecule has 1 saturated heterocycles. The molecule has 0 saturated carbocycles. The van der Waals surface area contributed by atoms with Crippen LogP contribution in [0.4, 0.5) is 0 Å². The third-order valence-corrected chi connectivity index (χ3v) is 4.51. The van der Waals surface area contributed by atoms with Gasteiger partial charge in [0.2, 0.25) is 0 Å². The van der Waals surface area contributed by atoms with Gasteiger partial charge in [-0.2, -0.15) is 0 Å². The Bertz CT molecular complexity index is 720. The van der Waals surface area contributed by atoms with E-state index in [4.69, 9.17) is 4.74 Å². The lowest BCUT2D eigenvalue weighted by atomic mass is 10.1. The van der Waals surface area contributed by atoms with Crippen molar-refractivity contribution < 1.29 is 14.6 Å². The van der Waals surface area contributed by atoms with Gasteiger partial charge in [-0.05, 0) is 31.5 Å². The van der Waals surface area contributed by atoms with Crippen molar-refractivity contribution in [1.82, 2.24) is 15.2 Å². The molecule has 1 aliphatic heterocycles. The highest BCUT2D eigenvalue weighted by molar-refractivity contribution is 6.01. The van der Waals surface area contributed by atoms with E-state index in [2.05, 4.69) is 21.3 Å². The number of fused-ring (bicyclic) bond motifs is 1. The lowest BCUT2D eigenvalue weighted by Gasteiger charge is -2.28. The SMILES string of the molecule is Cc1ccc2[nH]c(C(=O)NCC(O)CN3CCOCC3)c(C)c2c1. The van der Waals surface area contributed by atoms with E-state index in [0.29, 0.717) is 25.5 Å². The number of rotatable bonds is 5. The summed E-state index contributed by atoms with van der Waals surface area (Å²) < 4.78 is 5.29. The summed E-state index contributed by atoms with van der Waals surface area (Å²) >= 11 is 0. The van der Waals surface area contributed by atoms with Gasteiger partial charge >= 0.3 is 0 Å². The maximum Gasteiger partial charge on any atom is 0.268 e. The summed E-state index contributed by atoms with van der Waals surface area (Å²) in [4.78, 5) is 17.8. The van der Waals surface area contributed by atoms with Crippen LogP contribution in [0, 0.1) is 13.8 Å². The highest BCUT2D eigenvalue weighted by Crippen LogP contribution is 2.22. The van der Waals surface area contributed by atoms with Gasteiger partial charge < -0.3 is 20.1 Å². The number of aromatic nitrogens is 1. The summed E-state index contributed by atoms with van der Waals surface area (Å²) in [6.07, 6.45) is -0.584. The number of nitrogens with one attached hydrogen (secondary N) is 2. The predicted octanol–water partition coefficient (Wildman–Crippen LogP) is 1.21. The second-order valence-corrected chi connectivity index (χ2v) is 6.45. The van der Waals surface area contributed by atoms with E-state index in [-0.39, 0.29) is 12.5 Å². The fourth-order valence-corrected chi connectivity index (χ4v) is 3.11. The summed E-state index contributed by atoms with van der Waals surface area (Å²) in [5.74, 6) is -0.178. The van der Waals surface area contributed by atoms with E-state index in [9.17, 15) is 9.90 Å². The molecule has 3 rings (SSSR count). The Morgan fingerprint density at radius 1 is 1.38 bits per heavy atom. The number of carbonyl (C=O) groups is 1. The Hall–Kier alpha value is -1.89. The molecular weight excluding hydrogens is 306 g/mol. The molecule has 1 aliphatic rings. The molecule has 1 fully saturated rings. The van der Waals surface area contributed by atoms with E-state index in [1.54, 1.807) is 0 Å². The number of morpholine rings is 1. The number of aliphatic hydroxyl groups is 1. The van der Waals surface area contributed by atoms with Gasteiger partial charge in [0.1, 0.15) is 5.69 Å². The van der Waals surface area contributed by atoms with E-state index in [1.165, 1.54) is 0 Å². The molecule has 0 radical (unpaired) electrons. The van der Waals surface area contributed by atoms with Gasteiger partial charge in [0, 0.05) is 37.1 Å². The topological polar surface area (TPSA) is 77.6 Å². The molecule has 0 spiro atoms. The lowest BCUT2D eigenvalue weighted by molar-refractivity contribution is 0.0149. The number of aromatic amines is 1. The van der Waals surface area contributed by atoms with E-state index in [1.807, 2.05) is 26.0 Å². The molecule has 1 amide bonds. The van der Waals surface area contributed by atoms with Crippen LogP contribution in [0.2, 0.25) is 0 Å². The number of benzene rings is 1. The maximum absolute atomic E-state index is 12.4. The quantitative estimate of drug-likeness (QED) is 0.770. The predicted molar refractivity (Wildman–Crippen MR) is 93.4 cm³/mol. The summed E-state index contributed by atoms with van der Waals surface area (Å²) in [5.41, 5.74) is 3.62. The van der Waals surface area contributed by atoms with Crippen LogP contribution in [-0.2, 0) is 4.74 Å². The lowest BCUT2D eigenvalue weighted by Crippen LogP contribution is -2.44. The summed E-state index contributed by atoms with van der Waals surface area (Å²) in [6, 6.07) is 6.08. The van der Waals surface area contributed by atoms with E-state index < -0.39 is 6.10 Å². The molecule has 3 N–H and O–H groups in total. The molecule has 1 atom stereocenters. The molecule has 2 heterocycles. The van der Waals surface area contributed by atoms with Crippen LogP contribution in [0.15, 0.2) is 18.2 Å². The molecule has 0 bridgehead atoms. The van der Waals surface area contributed by atoms with Gasteiger partial charge in [-0.25, -0.2) is 0 Å². The third kappa shape index (κ3) is 3.77. The Kier molecular flexibility index (Phi) is 5.18. The minimum Gasteiger partial charge on any atom is -0.390 e. The first kappa shape index (κ1) is 17.0. The van der Waals surface area contributed by atoms with E-state index in [0.717, 1.165) is 35.1 Å². The van der Waals surface area contributed by atoms with Crippen LogP contribution in [0.5, 0.6) is 0 Å². The highest BCUT2D eigenvalue weighted by Gasteiger charge is 2.18. The number of aliphatic hydroxyl groups excluding tert-OH is 1. The first-order chi connectivity index (χ1) is 11.5. The van der Waals surface area contributed by atoms with Crippen LogP contribution in [-0.4, -0.2) is 66.4 Å². The number of amides is 1. The summed E-state index contributed by atoms with van der Waals surface area (Å²) in [5, 5.41) is 14.0. The second kappa shape index (κ2) is 7.34. The Morgan fingerprint density at radius 2 is 2.12 bits per heavy atom. The first-order valence-electron chi connectivity index (χ1n) is 8.40. The number of H-pyrrole nitrogens is 1. The van der Waals surface area contributed by atoms with Crippen molar-refractivity contribution >= 4 is 16.8 Å². The summed E-state index contributed by atoms with van der Waals surface area (Å²) in [6.45, 7) is 7.82. The zero-order valence-corrected chi connectivity index (χ0v) is 14.3. The minimum absolute atomic E-state index is 0.178. The van der Waals surface area contributed by atoms with Crippen LogP contribution in [0.1, 0.15) is 21.6 Å². The molecule has 0 aliphatic carbocycles. The molecule has 6 heteroatoms. The third-order valence-electron chi connectivity index (χ3n) is 4.51. The normalized spacial score (nSPS) is 17.1. The standard InChI is InChI=1S/C18H25N3O3/c1-12-3-4-16-15(9-12)13(2)17(20-16)18(23)19-10-14(22)11-21-5-7-24-8-6-21/h3-4,9,14,20,22H,5-8,10-11H2,1-2H3,(H,19,23). The van der Waals surface area contributed by atoms with Crippen LogP contribution in [0.25, 0.3) is 10.9 Å². The molecule has 6 nitrogen and oxygen atoms in total. The minimum atomic E-state index is -0.584. The van der Waals surface area contributed by atoms with Gasteiger partial charge in [-0.15, -0.1) is 0 Å². The van der Waals surface area contributed by atoms with Gasteiger partial charge in [-0.3, -0.25) is 9.69 Å². The van der Waals surface area contributed by atoms with E-state index >= 15 is 0 Å². The van der Waals surface area contributed by atoms with Crippen molar-refractivity contribution in [1.29, 1.82) is 0 Å². The second-order valence-electron chi connectivity index (χ2n) is 6.45. The Balaban J connectivity index is 1.59. The monoisotopic (exact) mass is 331 g/mol. The first-order valence-corrected chi connectivity index (χ1v) is 8.40. The fraction of sp³-hybridized carbons (Fsp3) is 0.500. The van der Waals surface area contributed by atoms with Crippen molar-refractivity contribution in [2.24, 2.45) is 0 Å². The Morgan fingerprint density at radius 3 is 2.88 bits per heavy atom. The zero-order chi connectivity index (χ0) is 17.1. The highest BCUT2D eigenvalue weighted by atomic mass is 16.5. The molecule has 24 heavy (non-hydrogen) atoms. The number of carbonyl (C=O) groups excluding carboxylic acids is 1. The molecule has 2 aromatic rings. The number of nitrogens with zero attached hydrogens (tertiary/aromatic N) is 1. The average Bonchev–Trinajstić information content (AvgIpc) is 2.90. The zero-order valence-electron chi connectivity index (χ0n) is 14.3. The smallest absolute Gasteiger partial charge is 0.268 e. The molecule has 1 aromatic heterocycles. The van der Waals surface area contributed by atoms with Crippen molar-refractivity contribution in [2.75, 3.05) is 39.4 Å². The number of hydrogen-bond acceptors (Lipinski definition) is 4. The van der Waals surface area contributed by atoms with Crippen molar-refractivity contribution in [2.45, 2.75) is 20.0 Å². The van der Waals surface area contributed by atoms with Gasteiger partial charge in [-0.1, -0.05) is 11.6 Å². The molecule has 1 unspecified atom stereocenters. The van der Waals surface area contributed by atoms with Crippen molar-refractivity contribution in [3.05, 3.63) is 35.0 Å². The average molecular weight is 331 g/mol. The van der Waals surface area contributed by atoms with Crippen LogP contribution >= 0.6 is 0 Å². The van der Waals surface area contributed by atoms with Crippen molar-refractivity contribution in [3.63, 3.8) is 0 Å². The fourth-order valence-electron chi connectivity index (χ4n) is 3.11.